The van der Waals surface area contributed by atoms with Crippen molar-refractivity contribution >= 4 is 11.8 Å². The predicted molar refractivity (Wildman–Crippen MR) is 178 cm³/mol. The SMILES string of the molecule is COc1ccc([C@]23Oc4cc(OC)cc(OC)c4[C@](O)([C@H](C(=O)NCCCCNC(=O)c4ccccc4)[C@@H]2c2ccccc2)[C@H]3O)cc1. The number of benzene rings is 4. The average molecular weight is 653 g/mol. The number of fused-ring (bicyclic) bond motifs is 4. The van der Waals surface area contributed by atoms with E-state index in [0.29, 0.717) is 47.6 Å². The van der Waals surface area contributed by atoms with Crippen molar-refractivity contribution in [3.63, 3.8) is 0 Å². The molecule has 0 saturated heterocycles. The van der Waals surface area contributed by atoms with Crippen LogP contribution < -0.4 is 29.6 Å². The third-order valence-electron chi connectivity index (χ3n) is 9.47. The molecule has 1 heterocycles. The quantitative estimate of drug-likeness (QED) is 0.167. The number of nitrogens with one attached hydrogen (secondary N) is 2. The van der Waals surface area contributed by atoms with Crippen LogP contribution in [-0.4, -0.2) is 62.6 Å². The largest absolute Gasteiger partial charge is 0.497 e. The Hall–Kier alpha value is -5.06. The number of methoxy groups -OCH3 is 3. The molecule has 4 aromatic carbocycles. The van der Waals surface area contributed by atoms with Crippen molar-refractivity contribution in [2.45, 2.75) is 36.1 Å². The summed E-state index contributed by atoms with van der Waals surface area (Å²) in [5.41, 5.74) is -1.73. The van der Waals surface area contributed by atoms with Gasteiger partial charge in [0.15, 0.2) is 5.60 Å². The second-order valence-corrected chi connectivity index (χ2v) is 12.0. The highest BCUT2D eigenvalue weighted by Gasteiger charge is 2.76. The number of hydrogen-bond acceptors (Lipinski definition) is 8. The highest BCUT2D eigenvalue weighted by molar-refractivity contribution is 5.94. The second kappa shape index (κ2) is 13.6. The van der Waals surface area contributed by atoms with Gasteiger partial charge in [0.05, 0.1) is 32.8 Å². The van der Waals surface area contributed by atoms with Gasteiger partial charge in [0.25, 0.3) is 5.91 Å². The number of unbranched alkanes of at least 4 members (excludes halogenated alkanes) is 1. The molecule has 1 aliphatic heterocycles. The molecule has 2 aliphatic rings. The van der Waals surface area contributed by atoms with Crippen LogP contribution >= 0.6 is 0 Å². The zero-order valence-electron chi connectivity index (χ0n) is 27.1. The Kier molecular flexibility index (Phi) is 9.30. The first-order valence-corrected chi connectivity index (χ1v) is 16.0. The molecular weight excluding hydrogens is 612 g/mol. The van der Waals surface area contributed by atoms with Crippen LogP contribution in [-0.2, 0) is 16.0 Å². The van der Waals surface area contributed by atoms with E-state index >= 15 is 0 Å². The lowest BCUT2D eigenvalue weighted by molar-refractivity contribution is -0.162. The summed E-state index contributed by atoms with van der Waals surface area (Å²) >= 11 is 0. The van der Waals surface area contributed by atoms with Gasteiger partial charge < -0.3 is 39.8 Å². The lowest BCUT2D eigenvalue weighted by Crippen LogP contribution is -2.55. The third-order valence-corrected chi connectivity index (χ3v) is 9.47. The predicted octanol–water partition coefficient (Wildman–Crippen LogP) is 4.29. The molecule has 48 heavy (non-hydrogen) atoms. The number of rotatable bonds is 12. The van der Waals surface area contributed by atoms with Crippen molar-refractivity contribution < 1.29 is 38.7 Å². The monoisotopic (exact) mass is 652 g/mol. The minimum Gasteiger partial charge on any atom is -0.497 e. The van der Waals surface area contributed by atoms with Crippen LogP contribution in [0.15, 0.2) is 97.1 Å². The fourth-order valence-corrected chi connectivity index (χ4v) is 7.25. The number of aliphatic hydroxyl groups is 2. The maximum absolute atomic E-state index is 14.5. The normalized spacial score (nSPS) is 23.7. The van der Waals surface area contributed by atoms with Crippen LogP contribution in [0.5, 0.6) is 23.0 Å². The molecule has 10 nitrogen and oxygen atoms in total. The summed E-state index contributed by atoms with van der Waals surface area (Å²) in [6.07, 6.45) is -0.405. The van der Waals surface area contributed by atoms with Gasteiger partial charge in [0.2, 0.25) is 5.91 Å². The van der Waals surface area contributed by atoms with Gasteiger partial charge in [0, 0.05) is 36.7 Å². The Morgan fingerprint density at radius 2 is 1.42 bits per heavy atom. The van der Waals surface area contributed by atoms with E-state index in [1.54, 1.807) is 55.6 Å². The van der Waals surface area contributed by atoms with E-state index in [9.17, 15) is 19.8 Å². The average Bonchev–Trinajstić information content (AvgIpc) is 3.25. The Morgan fingerprint density at radius 1 is 0.792 bits per heavy atom. The summed E-state index contributed by atoms with van der Waals surface area (Å²) in [4.78, 5) is 26.9. The third kappa shape index (κ3) is 5.50. The van der Waals surface area contributed by atoms with Gasteiger partial charge in [-0.25, -0.2) is 0 Å². The first-order valence-electron chi connectivity index (χ1n) is 16.0. The number of carbonyl (C=O) groups excluding carboxylic acids is 2. The highest BCUT2D eigenvalue weighted by atomic mass is 16.5. The van der Waals surface area contributed by atoms with E-state index in [4.69, 9.17) is 18.9 Å². The summed E-state index contributed by atoms with van der Waals surface area (Å²) in [5, 5.41) is 31.3. The van der Waals surface area contributed by atoms with Gasteiger partial charge in [-0.15, -0.1) is 0 Å². The van der Waals surface area contributed by atoms with E-state index in [1.807, 2.05) is 48.5 Å². The van der Waals surface area contributed by atoms with Gasteiger partial charge in [-0.3, -0.25) is 9.59 Å². The molecule has 0 spiro atoms. The second-order valence-electron chi connectivity index (χ2n) is 12.0. The van der Waals surface area contributed by atoms with Crippen molar-refractivity contribution in [3.05, 3.63) is 119 Å². The molecule has 250 valence electrons. The van der Waals surface area contributed by atoms with Crippen molar-refractivity contribution in [1.29, 1.82) is 0 Å². The van der Waals surface area contributed by atoms with Crippen LogP contribution in [0.1, 0.15) is 45.8 Å². The van der Waals surface area contributed by atoms with Crippen LogP contribution in [0.25, 0.3) is 0 Å². The molecule has 0 radical (unpaired) electrons. The maximum atomic E-state index is 14.5. The number of hydrogen-bond donors (Lipinski definition) is 4. The van der Waals surface area contributed by atoms with Gasteiger partial charge in [0.1, 0.15) is 34.7 Å². The zero-order valence-corrected chi connectivity index (χ0v) is 27.1. The first kappa shape index (κ1) is 32.9. The van der Waals surface area contributed by atoms with Crippen LogP contribution in [0.3, 0.4) is 0 Å². The number of amides is 2. The topological polar surface area (TPSA) is 136 Å². The molecule has 0 aromatic heterocycles. The lowest BCUT2D eigenvalue weighted by Gasteiger charge is -2.45. The van der Waals surface area contributed by atoms with Crippen LogP contribution in [0, 0.1) is 5.92 Å². The minimum atomic E-state index is -2.14. The van der Waals surface area contributed by atoms with Gasteiger partial charge in [-0.05, 0) is 48.2 Å². The van der Waals surface area contributed by atoms with Gasteiger partial charge in [-0.2, -0.15) is 0 Å². The van der Waals surface area contributed by atoms with E-state index in [2.05, 4.69) is 10.6 Å². The fraction of sp³-hybridized carbons (Fsp3) is 0.316. The van der Waals surface area contributed by atoms with E-state index in [1.165, 1.54) is 14.2 Å². The smallest absolute Gasteiger partial charge is 0.251 e. The maximum Gasteiger partial charge on any atom is 0.251 e. The summed E-state index contributed by atoms with van der Waals surface area (Å²) in [6, 6.07) is 28.6. The number of aliphatic hydroxyl groups excluding tert-OH is 1. The molecular formula is C38H40N2O8. The molecule has 2 amide bonds. The molecule has 10 heteroatoms. The molecule has 4 N–H and O–H groups in total. The first-order chi connectivity index (χ1) is 23.3. The molecule has 0 unspecified atom stereocenters. The molecule has 2 bridgehead atoms. The fourth-order valence-electron chi connectivity index (χ4n) is 7.25. The Labute approximate surface area is 279 Å². The highest BCUT2D eigenvalue weighted by Crippen LogP contribution is 2.68. The number of ether oxygens (including phenoxy) is 4. The molecule has 1 fully saturated rings. The Bertz CT molecular complexity index is 1750. The minimum absolute atomic E-state index is 0.159. The standard InChI is InChI=1S/C38H40N2O8/c1-45-27-18-16-26(17-19-27)38-31(24-12-6-4-7-13-24)33(35(42)40-21-11-10-20-39-34(41)25-14-8-5-9-15-25)37(44,36(38)43)32-29(47-3)22-28(46-2)23-30(32)48-38/h4-9,12-19,22-23,31,33,36,43-44H,10-11,20-21H2,1-3H3,(H,39,41)(H,40,42)/t31-,33-,36+,37-,38-/m0/s1. The van der Waals surface area contributed by atoms with Crippen molar-refractivity contribution in [3.8, 4) is 23.0 Å². The summed E-state index contributed by atoms with van der Waals surface area (Å²) < 4.78 is 23.5. The van der Waals surface area contributed by atoms with Crippen molar-refractivity contribution in [2.75, 3.05) is 34.4 Å². The Morgan fingerprint density at radius 3 is 2.04 bits per heavy atom. The summed E-state index contributed by atoms with van der Waals surface area (Å²) in [5.74, 6) is -1.19. The van der Waals surface area contributed by atoms with Gasteiger partial charge in [-0.1, -0.05) is 60.7 Å². The van der Waals surface area contributed by atoms with E-state index < -0.39 is 35.0 Å². The number of carbonyl (C=O) groups is 2. The molecule has 6 rings (SSSR count). The molecule has 1 saturated carbocycles. The Balaban J connectivity index is 1.36. The van der Waals surface area contributed by atoms with Gasteiger partial charge >= 0.3 is 0 Å². The van der Waals surface area contributed by atoms with E-state index in [0.717, 1.165) is 0 Å². The molecule has 1 aliphatic carbocycles. The molecule has 5 atom stereocenters. The van der Waals surface area contributed by atoms with Crippen molar-refractivity contribution in [2.24, 2.45) is 5.92 Å². The van der Waals surface area contributed by atoms with E-state index in [-0.39, 0.29) is 29.5 Å². The molecule has 4 aromatic rings. The zero-order chi connectivity index (χ0) is 33.9. The van der Waals surface area contributed by atoms with Crippen LogP contribution in [0.4, 0.5) is 0 Å². The van der Waals surface area contributed by atoms with Crippen LogP contribution in [0.2, 0.25) is 0 Å². The lowest BCUT2D eigenvalue weighted by atomic mass is 9.75. The summed E-state index contributed by atoms with van der Waals surface area (Å²) in [7, 11) is 4.52. The summed E-state index contributed by atoms with van der Waals surface area (Å²) in [6.45, 7) is 0.719. The van der Waals surface area contributed by atoms with Crippen molar-refractivity contribution in [1.82, 2.24) is 10.6 Å².